The fourth-order valence-electron chi connectivity index (χ4n) is 2.66. The summed E-state index contributed by atoms with van der Waals surface area (Å²) in [5.74, 6) is -3.48. The summed E-state index contributed by atoms with van der Waals surface area (Å²) in [6, 6.07) is 3.39. The molecule has 0 saturated carbocycles. The average Bonchev–Trinajstić information content (AvgIpc) is 2.51. The summed E-state index contributed by atoms with van der Waals surface area (Å²) in [5.41, 5.74) is -0.549. The van der Waals surface area contributed by atoms with Crippen LogP contribution in [-0.2, 0) is 4.79 Å². The fraction of sp³-hybridized carbons (Fsp3) is 0.467. The molecule has 24 heavy (non-hydrogen) atoms. The molecule has 0 radical (unpaired) electrons. The van der Waals surface area contributed by atoms with Crippen molar-refractivity contribution in [2.45, 2.75) is 19.0 Å². The Balaban J connectivity index is 2.11. The van der Waals surface area contributed by atoms with Crippen LogP contribution in [0.4, 0.5) is 27.6 Å². The van der Waals surface area contributed by atoms with Gasteiger partial charge in [0.1, 0.15) is 12.2 Å². The molecule has 0 aliphatic carbocycles. The Morgan fingerprint density at radius 2 is 1.96 bits per heavy atom. The zero-order chi connectivity index (χ0) is 17.9. The number of anilines is 1. The van der Waals surface area contributed by atoms with E-state index in [9.17, 15) is 26.7 Å². The smallest absolute Gasteiger partial charge is 0.366 e. The molecule has 0 bridgehead atoms. The van der Waals surface area contributed by atoms with Gasteiger partial charge in [0, 0.05) is 13.1 Å². The Labute approximate surface area is 134 Å². The van der Waals surface area contributed by atoms with E-state index in [-0.39, 0.29) is 24.3 Å². The maximum atomic E-state index is 14.0. The third-order valence-corrected chi connectivity index (χ3v) is 3.72. The van der Waals surface area contributed by atoms with E-state index in [0.29, 0.717) is 12.8 Å². The van der Waals surface area contributed by atoms with Crippen LogP contribution >= 0.6 is 0 Å². The first-order valence-corrected chi connectivity index (χ1v) is 7.20. The number of hydrogen-bond acceptors (Lipinski definition) is 3. The highest BCUT2D eigenvalue weighted by Crippen LogP contribution is 2.29. The predicted octanol–water partition coefficient (Wildman–Crippen LogP) is 2.73. The van der Waals surface area contributed by atoms with Crippen molar-refractivity contribution in [1.82, 2.24) is 5.32 Å². The minimum Gasteiger partial charge on any atom is -0.366 e. The van der Waals surface area contributed by atoms with Crippen LogP contribution in [0.3, 0.4) is 0 Å². The van der Waals surface area contributed by atoms with Crippen molar-refractivity contribution in [2.75, 3.05) is 24.5 Å². The van der Waals surface area contributed by atoms with E-state index in [4.69, 9.17) is 5.26 Å². The van der Waals surface area contributed by atoms with Gasteiger partial charge in [-0.15, -0.1) is 0 Å². The predicted molar refractivity (Wildman–Crippen MR) is 75.1 cm³/mol. The fourth-order valence-corrected chi connectivity index (χ4v) is 2.66. The number of piperidine rings is 1. The first kappa shape index (κ1) is 18.0. The summed E-state index contributed by atoms with van der Waals surface area (Å²) in [5, 5.41) is 10.5. The lowest BCUT2D eigenvalue weighted by Crippen LogP contribution is -2.45. The van der Waals surface area contributed by atoms with Crippen LogP contribution < -0.4 is 10.2 Å². The van der Waals surface area contributed by atoms with Crippen LogP contribution in [-0.4, -0.2) is 31.7 Å². The number of hydrogen-bond donors (Lipinski definition) is 1. The monoisotopic (exact) mass is 347 g/mol. The van der Waals surface area contributed by atoms with Gasteiger partial charge in [-0.25, -0.2) is 8.78 Å². The zero-order valence-corrected chi connectivity index (χ0v) is 12.5. The summed E-state index contributed by atoms with van der Waals surface area (Å²) in [6.45, 7) is -1.27. The van der Waals surface area contributed by atoms with Crippen molar-refractivity contribution in [1.29, 1.82) is 5.26 Å². The highest BCUT2D eigenvalue weighted by atomic mass is 19.4. The normalized spacial score (nSPS) is 18.2. The van der Waals surface area contributed by atoms with E-state index in [0.717, 1.165) is 12.1 Å². The Hall–Kier alpha value is -2.37. The highest BCUT2D eigenvalue weighted by Gasteiger charge is 2.32. The van der Waals surface area contributed by atoms with Crippen LogP contribution in [0.2, 0.25) is 0 Å². The van der Waals surface area contributed by atoms with Crippen molar-refractivity contribution < 1.29 is 26.7 Å². The van der Waals surface area contributed by atoms with Gasteiger partial charge in [-0.05, 0) is 25.0 Å². The molecular formula is C15H14F5N3O. The molecule has 1 atom stereocenters. The van der Waals surface area contributed by atoms with Gasteiger partial charge in [0.05, 0.1) is 17.6 Å². The molecule has 1 aliphatic heterocycles. The number of rotatable bonds is 3. The van der Waals surface area contributed by atoms with Gasteiger partial charge in [0.25, 0.3) is 0 Å². The van der Waals surface area contributed by atoms with E-state index < -0.39 is 36.2 Å². The summed E-state index contributed by atoms with van der Waals surface area (Å²) in [6.07, 6.45) is -3.78. The second-order valence-electron chi connectivity index (χ2n) is 5.52. The molecule has 1 aromatic rings. The molecule has 1 heterocycles. The Bertz CT molecular complexity index is 645. The number of carbonyl (C=O) groups excluding carboxylic acids is 1. The van der Waals surface area contributed by atoms with Crippen molar-refractivity contribution in [2.24, 2.45) is 5.92 Å². The molecule has 130 valence electrons. The first-order valence-electron chi connectivity index (χ1n) is 7.20. The van der Waals surface area contributed by atoms with Crippen LogP contribution in [0.15, 0.2) is 12.1 Å². The lowest BCUT2D eigenvalue weighted by Gasteiger charge is -2.34. The average molecular weight is 347 g/mol. The van der Waals surface area contributed by atoms with E-state index in [1.807, 2.05) is 0 Å². The second-order valence-corrected chi connectivity index (χ2v) is 5.52. The zero-order valence-electron chi connectivity index (χ0n) is 12.5. The van der Waals surface area contributed by atoms with Gasteiger partial charge in [0.15, 0.2) is 11.6 Å². The second kappa shape index (κ2) is 7.03. The molecule has 9 heteroatoms. The van der Waals surface area contributed by atoms with Crippen molar-refractivity contribution in [3.05, 3.63) is 29.3 Å². The number of carbonyl (C=O) groups is 1. The van der Waals surface area contributed by atoms with E-state index in [1.165, 1.54) is 4.90 Å². The van der Waals surface area contributed by atoms with E-state index in [1.54, 1.807) is 11.4 Å². The topological polar surface area (TPSA) is 56.1 Å². The summed E-state index contributed by atoms with van der Waals surface area (Å²) >= 11 is 0. The molecule has 0 spiro atoms. The van der Waals surface area contributed by atoms with Crippen LogP contribution in [0.25, 0.3) is 0 Å². The van der Waals surface area contributed by atoms with Crippen molar-refractivity contribution in [3.8, 4) is 6.07 Å². The number of benzene rings is 1. The summed E-state index contributed by atoms with van der Waals surface area (Å²) < 4.78 is 64.5. The highest BCUT2D eigenvalue weighted by molar-refractivity contribution is 5.79. The largest absolute Gasteiger partial charge is 0.405 e. The molecule has 1 saturated heterocycles. The lowest BCUT2D eigenvalue weighted by atomic mass is 9.96. The quantitative estimate of drug-likeness (QED) is 0.856. The van der Waals surface area contributed by atoms with E-state index >= 15 is 0 Å². The molecule has 0 aromatic heterocycles. The number of nitrogens with zero attached hydrogens (tertiary/aromatic N) is 2. The van der Waals surface area contributed by atoms with Crippen LogP contribution in [0.1, 0.15) is 18.4 Å². The number of alkyl halides is 3. The minimum absolute atomic E-state index is 0.0938. The Morgan fingerprint density at radius 1 is 1.33 bits per heavy atom. The van der Waals surface area contributed by atoms with Crippen LogP contribution in [0.5, 0.6) is 0 Å². The molecule has 1 unspecified atom stereocenters. The lowest BCUT2D eigenvalue weighted by molar-refractivity contribution is -0.140. The van der Waals surface area contributed by atoms with Gasteiger partial charge in [-0.1, -0.05) is 0 Å². The summed E-state index contributed by atoms with van der Waals surface area (Å²) in [4.78, 5) is 13.1. The van der Waals surface area contributed by atoms with E-state index in [2.05, 4.69) is 0 Å². The summed E-state index contributed by atoms with van der Waals surface area (Å²) in [7, 11) is 0. The van der Waals surface area contributed by atoms with Crippen molar-refractivity contribution in [3.63, 3.8) is 0 Å². The molecule has 1 aliphatic rings. The van der Waals surface area contributed by atoms with Gasteiger partial charge < -0.3 is 10.2 Å². The molecule has 1 aromatic carbocycles. The van der Waals surface area contributed by atoms with Crippen LogP contribution in [0, 0.1) is 28.9 Å². The molecule has 1 N–H and O–H groups in total. The van der Waals surface area contributed by atoms with Crippen molar-refractivity contribution >= 4 is 11.6 Å². The number of nitriles is 1. The van der Waals surface area contributed by atoms with Gasteiger partial charge in [0.2, 0.25) is 5.91 Å². The molecule has 1 fully saturated rings. The molecule has 2 rings (SSSR count). The van der Waals surface area contributed by atoms with Gasteiger partial charge >= 0.3 is 6.18 Å². The molecule has 4 nitrogen and oxygen atoms in total. The number of amides is 1. The number of nitrogens with one attached hydrogen (secondary N) is 1. The Morgan fingerprint density at radius 3 is 2.50 bits per heavy atom. The maximum absolute atomic E-state index is 14.0. The number of halogens is 5. The SMILES string of the molecule is N#Cc1cc(F)c(N2CCCC(C(=O)NCC(F)(F)F)C2)c(F)c1. The first-order chi connectivity index (χ1) is 11.2. The molecule has 1 amide bonds. The van der Waals surface area contributed by atoms with Gasteiger partial charge in [-0.3, -0.25) is 4.79 Å². The Kier molecular flexibility index (Phi) is 5.26. The minimum atomic E-state index is -4.52. The standard InChI is InChI=1S/C15H14F5N3O/c16-11-4-9(6-21)5-12(17)13(11)23-3-1-2-10(7-23)14(24)22-8-15(18,19)20/h4-5,10H,1-3,7-8H2,(H,22,24). The third-order valence-electron chi connectivity index (χ3n) is 3.72. The maximum Gasteiger partial charge on any atom is 0.405 e. The third kappa shape index (κ3) is 4.34. The molecular weight excluding hydrogens is 333 g/mol. The van der Waals surface area contributed by atoms with Gasteiger partial charge in [-0.2, -0.15) is 18.4 Å².